The molecule has 3 aromatic rings. The van der Waals surface area contributed by atoms with Crippen molar-refractivity contribution in [3.63, 3.8) is 0 Å². The normalized spacial score (nSPS) is 20.2. The van der Waals surface area contributed by atoms with E-state index in [1.165, 1.54) is 11.6 Å². The number of ether oxygens (including phenoxy) is 1. The third-order valence-electron chi connectivity index (χ3n) is 5.71. The molecule has 0 radical (unpaired) electrons. The molecule has 4 rings (SSSR count). The van der Waals surface area contributed by atoms with Crippen molar-refractivity contribution in [1.82, 2.24) is 23.6 Å². The van der Waals surface area contributed by atoms with Crippen LogP contribution in [0.25, 0.3) is 11.2 Å². The van der Waals surface area contributed by atoms with Gasteiger partial charge in [0, 0.05) is 33.7 Å². The first-order valence-electron chi connectivity index (χ1n) is 10.3. The van der Waals surface area contributed by atoms with Gasteiger partial charge < -0.3 is 9.30 Å². The topological polar surface area (TPSA) is 74.3 Å². The van der Waals surface area contributed by atoms with Crippen LogP contribution in [0.15, 0.2) is 33.9 Å². The molecule has 30 heavy (non-hydrogen) atoms. The summed E-state index contributed by atoms with van der Waals surface area (Å²) in [6, 6.07) is 8.23. The van der Waals surface area contributed by atoms with E-state index in [1.54, 1.807) is 7.05 Å². The molecule has 1 fully saturated rings. The zero-order chi connectivity index (χ0) is 21.6. The molecule has 1 aromatic carbocycles. The molecular formula is C22H29N5O3. The van der Waals surface area contributed by atoms with E-state index in [-0.39, 0.29) is 23.5 Å². The number of fused-ring (bicyclic) bond motifs is 1. The Morgan fingerprint density at radius 2 is 1.77 bits per heavy atom. The number of morpholine rings is 1. The van der Waals surface area contributed by atoms with Gasteiger partial charge in [-0.2, -0.15) is 0 Å². The maximum absolute atomic E-state index is 13.0. The second kappa shape index (κ2) is 7.85. The Labute approximate surface area is 175 Å². The molecule has 8 heteroatoms. The molecule has 1 aliphatic heterocycles. The van der Waals surface area contributed by atoms with Crippen molar-refractivity contribution >= 4 is 11.2 Å². The summed E-state index contributed by atoms with van der Waals surface area (Å²) in [7, 11) is 3.18. The molecule has 3 heterocycles. The molecule has 0 saturated carbocycles. The van der Waals surface area contributed by atoms with Gasteiger partial charge in [-0.25, -0.2) is 9.78 Å². The molecule has 0 aliphatic carbocycles. The lowest BCUT2D eigenvalue weighted by Gasteiger charge is -2.35. The van der Waals surface area contributed by atoms with Crippen LogP contribution in [0.3, 0.4) is 0 Å². The predicted molar refractivity (Wildman–Crippen MR) is 116 cm³/mol. The smallest absolute Gasteiger partial charge is 0.332 e. The van der Waals surface area contributed by atoms with Crippen LogP contribution in [0, 0.1) is 6.92 Å². The lowest BCUT2D eigenvalue weighted by atomic mass is 10.1. The van der Waals surface area contributed by atoms with Crippen molar-refractivity contribution in [2.75, 3.05) is 13.1 Å². The number of aromatic nitrogens is 4. The maximum Gasteiger partial charge on any atom is 0.332 e. The van der Waals surface area contributed by atoms with E-state index in [2.05, 4.69) is 37.8 Å². The van der Waals surface area contributed by atoms with Gasteiger partial charge in [-0.15, -0.1) is 0 Å². The summed E-state index contributed by atoms with van der Waals surface area (Å²) in [4.78, 5) is 32.6. The van der Waals surface area contributed by atoms with Crippen LogP contribution in [0.2, 0.25) is 0 Å². The Morgan fingerprint density at radius 3 is 2.43 bits per heavy atom. The molecule has 1 aliphatic rings. The molecule has 2 atom stereocenters. The van der Waals surface area contributed by atoms with E-state index in [4.69, 9.17) is 9.72 Å². The predicted octanol–water partition coefficient (Wildman–Crippen LogP) is 1.40. The first-order valence-corrected chi connectivity index (χ1v) is 10.3. The fraction of sp³-hybridized carbons (Fsp3) is 0.500. The second-order valence-corrected chi connectivity index (χ2v) is 8.43. The van der Waals surface area contributed by atoms with E-state index < -0.39 is 0 Å². The van der Waals surface area contributed by atoms with Crippen LogP contribution >= 0.6 is 0 Å². The average Bonchev–Trinajstić information content (AvgIpc) is 3.02. The summed E-state index contributed by atoms with van der Waals surface area (Å²) >= 11 is 0. The average molecular weight is 412 g/mol. The van der Waals surface area contributed by atoms with Crippen LogP contribution in [0.5, 0.6) is 0 Å². The first-order chi connectivity index (χ1) is 14.2. The molecular weight excluding hydrogens is 382 g/mol. The van der Waals surface area contributed by atoms with Crippen LogP contribution in [0.1, 0.15) is 30.8 Å². The molecule has 8 nitrogen and oxygen atoms in total. The largest absolute Gasteiger partial charge is 0.373 e. The Bertz CT molecular complexity index is 1200. The van der Waals surface area contributed by atoms with Crippen molar-refractivity contribution < 1.29 is 4.74 Å². The third-order valence-corrected chi connectivity index (χ3v) is 5.71. The minimum Gasteiger partial charge on any atom is -0.373 e. The van der Waals surface area contributed by atoms with Gasteiger partial charge in [0.05, 0.1) is 18.8 Å². The lowest BCUT2D eigenvalue weighted by molar-refractivity contribution is -0.0712. The SMILES string of the molecule is Cc1cccc(Cn2c(CN3C[C@@H](C)O[C@@H](C)C3)nc3c2c(=O)n(C)c(=O)n3C)c1. The van der Waals surface area contributed by atoms with Gasteiger partial charge in [0.2, 0.25) is 0 Å². The van der Waals surface area contributed by atoms with Crippen molar-refractivity contribution in [1.29, 1.82) is 0 Å². The van der Waals surface area contributed by atoms with Crippen molar-refractivity contribution in [2.24, 2.45) is 14.1 Å². The van der Waals surface area contributed by atoms with E-state index in [1.807, 2.05) is 16.7 Å². The Kier molecular flexibility index (Phi) is 5.38. The van der Waals surface area contributed by atoms with Gasteiger partial charge >= 0.3 is 5.69 Å². The van der Waals surface area contributed by atoms with Gasteiger partial charge in [-0.05, 0) is 26.3 Å². The van der Waals surface area contributed by atoms with E-state index in [0.717, 1.165) is 34.6 Å². The van der Waals surface area contributed by atoms with Gasteiger partial charge in [-0.3, -0.25) is 18.8 Å². The van der Waals surface area contributed by atoms with Crippen LogP contribution in [-0.4, -0.2) is 48.9 Å². The second-order valence-electron chi connectivity index (χ2n) is 8.43. The minimum absolute atomic E-state index is 0.139. The zero-order valence-corrected chi connectivity index (χ0v) is 18.3. The lowest BCUT2D eigenvalue weighted by Crippen LogP contribution is -2.45. The fourth-order valence-electron chi connectivity index (χ4n) is 4.39. The fourth-order valence-corrected chi connectivity index (χ4v) is 4.39. The monoisotopic (exact) mass is 411 g/mol. The zero-order valence-electron chi connectivity index (χ0n) is 18.3. The number of nitrogens with zero attached hydrogens (tertiary/aromatic N) is 5. The van der Waals surface area contributed by atoms with Crippen molar-refractivity contribution in [2.45, 2.75) is 46.1 Å². The molecule has 0 spiro atoms. The molecule has 0 unspecified atom stereocenters. The van der Waals surface area contributed by atoms with E-state index in [9.17, 15) is 9.59 Å². The van der Waals surface area contributed by atoms with Gasteiger partial charge in [0.1, 0.15) is 5.82 Å². The number of aryl methyl sites for hydroxylation is 2. The maximum atomic E-state index is 13.0. The number of hydrogen-bond donors (Lipinski definition) is 0. The van der Waals surface area contributed by atoms with Crippen LogP contribution in [-0.2, 0) is 31.9 Å². The number of rotatable bonds is 4. The number of benzene rings is 1. The number of hydrogen-bond acceptors (Lipinski definition) is 5. The molecule has 2 aromatic heterocycles. The highest BCUT2D eigenvalue weighted by atomic mass is 16.5. The quantitative estimate of drug-likeness (QED) is 0.649. The van der Waals surface area contributed by atoms with E-state index in [0.29, 0.717) is 24.3 Å². The van der Waals surface area contributed by atoms with E-state index >= 15 is 0 Å². The van der Waals surface area contributed by atoms with Gasteiger partial charge in [-0.1, -0.05) is 29.8 Å². The molecule has 160 valence electrons. The van der Waals surface area contributed by atoms with Crippen molar-refractivity contribution in [3.05, 3.63) is 62.1 Å². The standard InChI is InChI=1S/C22H29N5O3/c1-14-7-6-8-17(9-14)12-27-18(13-26-10-15(2)30-16(3)11-26)23-20-19(27)21(28)25(5)22(29)24(20)4/h6-9,15-16H,10-13H2,1-5H3/t15-,16+. The van der Waals surface area contributed by atoms with Gasteiger partial charge in [0.15, 0.2) is 11.2 Å². The van der Waals surface area contributed by atoms with Gasteiger partial charge in [0.25, 0.3) is 5.56 Å². The van der Waals surface area contributed by atoms with Crippen LogP contribution in [0.4, 0.5) is 0 Å². The summed E-state index contributed by atoms with van der Waals surface area (Å²) in [5.41, 5.74) is 2.46. The first kappa shape index (κ1) is 20.6. The summed E-state index contributed by atoms with van der Waals surface area (Å²) in [5.74, 6) is 0.783. The Morgan fingerprint density at radius 1 is 1.07 bits per heavy atom. The highest BCUT2D eigenvalue weighted by Gasteiger charge is 2.25. The third kappa shape index (κ3) is 3.73. The minimum atomic E-state index is -0.368. The molecule has 0 N–H and O–H groups in total. The highest BCUT2D eigenvalue weighted by Crippen LogP contribution is 2.19. The van der Waals surface area contributed by atoms with Crippen molar-refractivity contribution in [3.8, 4) is 0 Å². The Hall–Kier alpha value is -2.71. The molecule has 0 bridgehead atoms. The summed E-state index contributed by atoms with van der Waals surface area (Å²) in [6.45, 7) is 8.90. The molecule has 1 saturated heterocycles. The highest BCUT2D eigenvalue weighted by molar-refractivity contribution is 5.71. The summed E-state index contributed by atoms with van der Waals surface area (Å²) in [5, 5.41) is 0. The Balaban J connectivity index is 1.86. The summed E-state index contributed by atoms with van der Waals surface area (Å²) in [6.07, 6.45) is 0.279. The van der Waals surface area contributed by atoms with Crippen LogP contribution < -0.4 is 11.2 Å². The summed E-state index contributed by atoms with van der Waals surface area (Å²) < 4.78 is 10.4. The number of imidazole rings is 1. The molecule has 0 amide bonds.